The number of fused-ring (bicyclic) bond motifs is 1. The third-order valence-electron chi connectivity index (χ3n) is 4.85. The second-order valence-electron chi connectivity index (χ2n) is 6.62. The second kappa shape index (κ2) is 7.75. The number of rotatable bonds is 6. The van der Waals surface area contributed by atoms with E-state index in [1.807, 2.05) is 6.07 Å². The van der Waals surface area contributed by atoms with Gasteiger partial charge in [-0.15, -0.1) is 0 Å². The molecule has 0 unspecified atom stereocenters. The Kier molecular flexibility index (Phi) is 4.99. The molecule has 0 aliphatic carbocycles. The largest absolute Gasteiger partial charge is 0.469 e. The average molecular weight is 395 g/mol. The third kappa shape index (κ3) is 3.69. The van der Waals surface area contributed by atoms with E-state index in [1.54, 1.807) is 41.4 Å². The highest BCUT2D eigenvalue weighted by atomic mass is 19.1. The first-order valence-electron chi connectivity index (χ1n) is 9.02. The van der Waals surface area contributed by atoms with Gasteiger partial charge in [0, 0.05) is 24.9 Å². The lowest BCUT2D eigenvalue weighted by Crippen LogP contribution is -2.13. The first-order valence-corrected chi connectivity index (χ1v) is 9.02. The first kappa shape index (κ1) is 18.7. The summed E-state index contributed by atoms with van der Waals surface area (Å²) < 4.78 is 25.5. The van der Waals surface area contributed by atoms with Crippen LogP contribution < -0.4 is 5.56 Å². The van der Waals surface area contributed by atoms with Crippen LogP contribution in [0.2, 0.25) is 0 Å². The fraction of sp³-hybridized carbons (Fsp3) is 0.190. The summed E-state index contributed by atoms with van der Waals surface area (Å²) >= 11 is 0. The zero-order chi connectivity index (χ0) is 20.4. The van der Waals surface area contributed by atoms with E-state index in [-0.39, 0.29) is 28.6 Å². The van der Waals surface area contributed by atoms with E-state index in [4.69, 9.17) is 9.15 Å². The van der Waals surface area contributed by atoms with Gasteiger partial charge in [0.2, 0.25) is 0 Å². The molecule has 1 N–H and O–H groups in total. The predicted octanol–water partition coefficient (Wildman–Crippen LogP) is 3.42. The van der Waals surface area contributed by atoms with Crippen molar-refractivity contribution in [2.75, 3.05) is 7.11 Å². The molecule has 2 aliphatic rings. The van der Waals surface area contributed by atoms with Crippen molar-refractivity contribution in [3.63, 3.8) is 0 Å². The van der Waals surface area contributed by atoms with E-state index in [9.17, 15) is 14.0 Å². The number of H-pyrrole nitrogens is 1. The van der Waals surface area contributed by atoms with Crippen LogP contribution in [-0.2, 0) is 11.3 Å². The number of nitrogens with one attached hydrogen (secondary N) is 1. The molecular weight excluding hydrogens is 377 g/mol. The number of aromatic nitrogens is 3. The quantitative estimate of drug-likeness (QED) is 0.505. The summed E-state index contributed by atoms with van der Waals surface area (Å²) in [6, 6.07) is 9.94. The number of carbonyl (C=O) groups excluding carboxylic acids is 1. The number of halogens is 1. The Balaban J connectivity index is 1.67. The van der Waals surface area contributed by atoms with Gasteiger partial charge in [0.1, 0.15) is 22.8 Å². The predicted molar refractivity (Wildman–Crippen MR) is 102 cm³/mol. The number of esters is 1. The van der Waals surface area contributed by atoms with Crippen LogP contribution in [0.1, 0.15) is 34.0 Å². The van der Waals surface area contributed by atoms with Gasteiger partial charge >= 0.3 is 5.97 Å². The third-order valence-corrected chi connectivity index (χ3v) is 4.85. The van der Waals surface area contributed by atoms with Crippen LogP contribution in [0.3, 0.4) is 0 Å². The molecule has 0 radical (unpaired) electrons. The lowest BCUT2D eigenvalue weighted by atomic mass is 9.93. The van der Waals surface area contributed by atoms with Gasteiger partial charge in [-0.1, -0.05) is 12.1 Å². The lowest BCUT2D eigenvalue weighted by molar-refractivity contribution is 0.0600. The van der Waals surface area contributed by atoms with E-state index in [1.165, 1.54) is 19.2 Å². The number of aromatic amines is 1. The zero-order valence-corrected chi connectivity index (χ0v) is 15.6. The second-order valence-corrected chi connectivity index (χ2v) is 6.62. The molecular formula is C21H18FN3O4. The van der Waals surface area contributed by atoms with Gasteiger partial charge in [-0.25, -0.2) is 14.3 Å². The van der Waals surface area contributed by atoms with Crippen molar-refractivity contribution < 1.29 is 18.3 Å². The van der Waals surface area contributed by atoms with Crippen LogP contribution >= 0.6 is 0 Å². The normalized spacial score (nSPS) is 12.2. The van der Waals surface area contributed by atoms with Crippen LogP contribution in [0, 0.1) is 5.82 Å². The lowest BCUT2D eigenvalue weighted by Gasteiger charge is -2.17. The van der Waals surface area contributed by atoms with Crippen molar-refractivity contribution in [1.29, 1.82) is 0 Å². The highest BCUT2D eigenvalue weighted by Gasteiger charge is 2.23. The van der Waals surface area contributed by atoms with Gasteiger partial charge in [0.15, 0.2) is 0 Å². The maximum atomic E-state index is 13.3. The standard InChI is InChI=1S/C21H18FN3O4/c1-28-21(27)17-12-25(11-16-19(17)23-24-20(16)26)9-8-15(18-3-2-10-29-18)13-4-6-14(22)7-5-13/h2-7,10-12,15H,8-9H2,1H3,(H,24,26)/t15-/m0/s1. The monoisotopic (exact) mass is 395 g/mol. The molecule has 0 amide bonds. The Labute approximate surface area is 165 Å². The molecule has 1 atom stereocenters. The van der Waals surface area contributed by atoms with Crippen molar-refractivity contribution in [1.82, 2.24) is 14.8 Å². The molecule has 0 bridgehead atoms. The Bertz CT molecular complexity index is 1150. The Hall–Kier alpha value is -3.68. The van der Waals surface area contributed by atoms with Gasteiger partial charge in [-0.05, 0) is 36.2 Å². The van der Waals surface area contributed by atoms with E-state index < -0.39 is 5.97 Å². The number of methoxy groups -OCH3 is 1. The summed E-state index contributed by atoms with van der Waals surface area (Å²) in [4.78, 5) is 24.2. The van der Waals surface area contributed by atoms with E-state index in [0.29, 0.717) is 18.5 Å². The molecule has 2 aliphatic heterocycles. The topological polar surface area (TPSA) is 90.1 Å². The number of pyridine rings is 1. The molecule has 29 heavy (non-hydrogen) atoms. The van der Waals surface area contributed by atoms with E-state index >= 15 is 0 Å². The molecule has 4 rings (SSSR count). The molecule has 0 spiro atoms. The number of furan rings is 1. The van der Waals surface area contributed by atoms with Gasteiger partial charge in [0.05, 0.1) is 18.9 Å². The number of hydrogen-bond acceptors (Lipinski definition) is 5. The van der Waals surface area contributed by atoms with Gasteiger partial charge in [-0.2, -0.15) is 5.10 Å². The molecule has 0 fully saturated rings. The molecule has 8 heteroatoms. The maximum Gasteiger partial charge on any atom is 0.341 e. The number of nitrogens with zero attached hydrogens (tertiary/aromatic N) is 2. The van der Waals surface area contributed by atoms with Crippen molar-refractivity contribution in [3.8, 4) is 11.3 Å². The molecule has 3 heterocycles. The molecule has 0 saturated heterocycles. The summed E-state index contributed by atoms with van der Waals surface area (Å²) in [5.74, 6) is -0.250. The van der Waals surface area contributed by atoms with Crippen LogP contribution in [-0.4, -0.2) is 27.8 Å². The highest BCUT2D eigenvalue weighted by Crippen LogP contribution is 2.30. The number of hydrogen-bond donors (Lipinski definition) is 1. The summed E-state index contributed by atoms with van der Waals surface area (Å²) in [5.41, 5.74) is 1.33. The van der Waals surface area contributed by atoms with Crippen molar-refractivity contribution >= 4 is 5.97 Å². The van der Waals surface area contributed by atoms with E-state index in [2.05, 4.69) is 10.2 Å². The number of carbonyl (C=O) groups is 1. The fourth-order valence-corrected chi connectivity index (χ4v) is 3.41. The molecule has 148 valence electrons. The van der Waals surface area contributed by atoms with Gasteiger partial charge < -0.3 is 13.7 Å². The molecule has 1 aromatic carbocycles. The van der Waals surface area contributed by atoms with Crippen molar-refractivity contribution in [2.24, 2.45) is 0 Å². The summed E-state index contributed by atoms with van der Waals surface area (Å²) in [5, 5.41) is 6.28. The highest BCUT2D eigenvalue weighted by molar-refractivity contribution is 5.95. The van der Waals surface area contributed by atoms with Crippen molar-refractivity contribution in [2.45, 2.75) is 18.9 Å². The minimum absolute atomic E-state index is 0.119. The van der Waals surface area contributed by atoms with Crippen LogP contribution in [0.5, 0.6) is 0 Å². The Morgan fingerprint density at radius 1 is 1.28 bits per heavy atom. The number of benzene rings is 1. The molecule has 7 nitrogen and oxygen atoms in total. The summed E-state index contributed by atoms with van der Waals surface area (Å²) in [6.07, 6.45) is 5.45. The zero-order valence-electron chi connectivity index (χ0n) is 15.6. The molecule has 0 saturated carbocycles. The fourth-order valence-electron chi connectivity index (χ4n) is 3.41. The maximum absolute atomic E-state index is 13.3. The molecule has 1 aromatic heterocycles. The molecule has 2 aromatic rings. The number of ether oxygens (including phenoxy) is 1. The van der Waals surface area contributed by atoms with E-state index in [0.717, 1.165) is 11.3 Å². The SMILES string of the molecule is COC(=O)c1cn(CC[C@@H](c2ccc(F)cc2)c2ccco2)cc2c(=O)[nH]nc1-2. The van der Waals surface area contributed by atoms with Gasteiger partial charge in [-0.3, -0.25) is 4.79 Å². The minimum Gasteiger partial charge on any atom is -0.469 e. The summed E-state index contributed by atoms with van der Waals surface area (Å²) in [6.45, 7) is 0.479. The van der Waals surface area contributed by atoms with Crippen LogP contribution in [0.4, 0.5) is 4.39 Å². The first-order chi connectivity index (χ1) is 14.1. The smallest absolute Gasteiger partial charge is 0.341 e. The Morgan fingerprint density at radius 3 is 2.76 bits per heavy atom. The average Bonchev–Trinajstić information content (AvgIpc) is 3.39. The van der Waals surface area contributed by atoms with Crippen LogP contribution in [0.25, 0.3) is 11.3 Å². The van der Waals surface area contributed by atoms with Crippen molar-refractivity contribution in [3.05, 3.63) is 88.1 Å². The van der Waals surface area contributed by atoms with Crippen LogP contribution in [0.15, 0.2) is 64.3 Å². The number of aryl methyl sites for hydroxylation is 1. The summed E-state index contributed by atoms with van der Waals surface area (Å²) in [7, 11) is 1.28. The van der Waals surface area contributed by atoms with Gasteiger partial charge in [0.25, 0.3) is 5.56 Å². The Morgan fingerprint density at radius 2 is 2.07 bits per heavy atom. The minimum atomic E-state index is -0.572.